The fraction of sp³-hybridized carbons (Fsp3) is 0.464. The van der Waals surface area contributed by atoms with Gasteiger partial charge in [0, 0.05) is 50.0 Å². The van der Waals surface area contributed by atoms with Crippen LogP contribution in [0.5, 0.6) is 0 Å². The Hall–Kier alpha value is -3.42. The number of rotatable bonds is 5. The highest BCUT2D eigenvalue weighted by Crippen LogP contribution is 2.31. The zero-order chi connectivity index (χ0) is 25.4. The molecule has 0 atom stereocenters. The van der Waals surface area contributed by atoms with Crippen LogP contribution in [0.3, 0.4) is 0 Å². The molecule has 0 aliphatic carbocycles. The van der Waals surface area contributed by atoms with E-state index in [1.165, 1.54) is 12.1 Å². The van der Waals surface area contributed by atoms with Crippen LogP contribution < -0.4 is 0 Å². The van der Waals surface area contributed by atoms with Gasteiger partial charge in [0.25, 0.3) is 11.8 Å². The van der Waals surface area contributed by atoms with Crippen molar-refractivity contribution < 1.29 is 18.4 Å². The van der Waals surface area contributed by atoms with Crippen LogP contribution >= 0.6 is 0 Å². The molecule has 2 saturated heterocycles. The van der Waals surface area contributed by atoms with E-state index in [-0.39, 0.29) is 23.5 Å². The maximum atomic E-state index is 13.4. The Labute approximate surface area is 210 Å². The molecule has 0 spiro atoms. The lowest BCUT2D eigenvalue weighted by atomic mass is 9.96. The Bertz CT molecular complexity index is 1260. The fourth-order valence-corrected chi connectivity index (χ4v) is 5.39. The van der Waals surface area contributed by atoms with Crippen LogP contribution in [0.1, 0.15) is 81.0 Å². The first-order chi connectivity index (χ1) is 17.3. The van der Waals surface area contributed by atoms with E-state index in [1.807, 2.05) is 29.7 Å². The second-order valence-corrected chi connectivity index (χ2v) is 10.0. The molecule has 0 radical (unpaired) electrons. The van der Waals surface area contributed by atoms with Crippen molar-refractivity contribution in [1.29, 1.82) is 0 Å². The number of likely N-dealkylation sites (tertiary alicyclic amines) is 2. The van der Waals surface area contributed by atoms with Crippen LogP contribution in [0.15, 0.2) is 34.7 Å². The third-order valence-electron chi connectivity index (χ3n) is 7.60. The maximum Gasteiger partial charge on any atom is 0.276 e. The van der Waals surface area contributed by atoms with Gasteiger partial charge in [-0.1, -0.05) is 12.1 Å². The van der Waals surface area contributed by atoms with E-state index >= 15 is 0 Å². The van der Waals surface area contributed by atoms with Crippen molar-refractivity contribution in [1.82, 2.24) is 19.4 Å². The molecule has 190 valence electrons. The Morgan fingerprint density at radius 2 is 1.61 bits per heavy atom. The molecule has 0 unspecified atom stereocenters. The second kappa shape index (κ2) is 9.91. The third kappa shape index (κ3) is 4.68. The number of aryl methyl sites for hydroxylation is 2. The molecular formula is C28H33FN4O3. The molecule has 3 aromatic rings. The smallest absolute Gasteiger partial charge is 0.276 e. The molecular weight excluding hydrogens is 459 g/mol. The molecule has 4 heterocycles. The van der Waals surface area contributed by atoms with Gasteiger partial charge in [-0.2, -0.15) is 0 Å². The lowest BCUT2D eigenvalue weighted by Crippen LogP contribution is -2.38. The standard InChI is InChI=1S/C28H33FN4O3/c1-18-16-24(19(2)33(18)17-21-6-8-23(29)9-7-21)27(34)32-14-10-22(11-15-32)26-30-25(20(3)36-26)28(35)31-12-4-5-13-31/h6-9,16,22H,4-5,10-15,17H2,1-3H3. The zero-order valence-corrected chi connectivity index (χ0v) is 21.2. The van der Waals surface area contributed by atoms with Crippen molar-refractivity contribution >= 4 is 11.8 Å². The predicted octanol–water partition coefficient (Wildman–Crippen LogP) is 4.84. The van der Waals surface area contributed by atoms with E-state index in [9.17, 15) is 14.0 Å². The summed E-state index contributed by atoms with van der Waals surface area (Å²) in [6, 6.07) is 8.41. The van der Waals surface area contributed by atoms with Crippen LogP contribution in [-0.2, 0) is 6.54 Å². The highest BCUT2D eigenvalue weighted by molar-refractivity contribution is 5.96. The minimum Gasteiger partial charge on any atom is -0.445 e. The minimum absolute atomic E-state index is 0.0281. The van der Waals surface area contributed by atoms with Crippen molar-refractivity contribution in [3.8, 4) is 0 Å². The monoisotopic (exact) mass is 492 g/mol. The van der Waals surface area contributed by atoms with E-state index in [2.05, 4.69) is 9.55 Å². The Kier molecular flexibility index (Phi) is 6.69. The number of halogens is 1. The molecule has 2 fully saturated rings. The molecule has 1 aromatic carbocycles. The number of hydrogen-bond acceptors (Lipinski definition) is 4. The van der Waals surface area contributed by atoms with Crippen LogP contribution in [-0.4, -0.2) is 57.3 Å². The molecule has 5 rings (SSSR count). The van der Waals surface area contributed by atoms with E-state index < -0.39 is 0 Å². The summed E-state index contributed by atoms with van der Waals surface area (Å²) in [5.74, 6) is 1.02. The summed E-state index contributed by atoms with van der Waals surface area (Å²) in [6.07, 6.45) is 3.57. The molecule has 2 aliphatic rings. The van der Waals surface area contributed by atoms with Crippen LogP contribution in [0.4, 0.5) is 4.39 Å². The summed E-state index contributed by atoms with van der Waals surface area (Å²) in [6.45, 7) is 9.15. The molecule has 2 aliphatic heterocycles. The number of aromatic nitrogens is 2. The summed E-state index contributed by atoms with van der Waals surface area (Å²) in [5, 5.41) is 0. The molecule has 0 saturated carbocycles. The normalized spacial score (nSPS) is 16.7. The van der Waals surface area contributed by atoms with Crippen LogP contribution in [0, 0.1) is 26.6 Å². The number of benzene rings is 1. The molecule has 2 amide bonds. The van der Waals surface area contributed by atoms with Gasteiger partial charge in [-0.05, 0) is 70.2 Å². The van der Waals surface area contributed by atoms with Gasteiger partial charge >= 0.3 is 0 Å². The summed E-state index contributed by atoms with van der Waals surface area (Å²) >= 11 is 0. The molecule has 7 nitrogen and oxygen atoms in total. The van der Waals surface area contributed by atoms with Crippen molar-refractivity contribution in [2.75, 3.05) is 26.2 Å². The SMILES string of the molecule is Cc1oc(C2CCN(C(=O)c3cc(C)n(Cc4ccc(F)cc4)c3C)CC2)nc1C(=O)N1CCCC1. The summed E-state index contributed by atoms with van der Waals surface area (Å²) in [7, 11) is 0. The fourth-order valence-electron chi connectivity index (χ4n) is 5.39. The molecule has 0 bridgehead atoms. The summed E-state index contributed by atoms with van der Waals surface area (Å²) in [4.78, 5) is 34.5. The van der Waals surface area contributed by atoms with Crippen molar-refractivity contribution in [2.24, 2.45) is 0 Å². The lowest BCUT2D eigenvalue weighted by Gasteiger charge is -2.30. The van der Waals surface area contributed by atoms with E-state index in [0.29, 0.717) is 42.5 Å². The van der Waals surface area contributed by atoms with Gasteiger partial charge in [0.15, 0.2) is 11.6 Å². The molecule has 8 heteroatoms. The Morgan fingerprint density at radius 3 is 2.28 bits per heavy atom. The predicted molar refractivity (Wildman–Crippen MR) is 134 cm³/mol. The van der Waals surface area contributed by atoms with E-state index in [1.54, 1.807) is 19.1 Å². The average Bonchev–Trinajstić information content (AvgIpc) is 3.61. The van der Waals surface area contributed by atoms with Crippen LogP contribution in [0.25, 0.3) is 0 Å². The van der Waals surface area contributed by atoms with Crippen molar-refractivity contribution in [3.05, 3.63) is 76.0 Å². The first-order valence-corrected chi connectivity index (χ1v) is 12.8. The highest BCUT2D eigenvalue weighted by Gasteiger charge is 2.31. The number of carbonyl (C=O) groups excluding carboxylic acids is 2. The number of nitrogens with zero attached hydrogens (tertiary/aromatic N) is 4. The largest absolute Gasteiger partial charge is 0.445 e. The topological polar surface area (TPSA) is 71.6 Å². The number of piperidine rings is 1. The van der Waals surface area contributed by atoms with Crippen LogP contribution in [0.2, 0.25) is 0 Å². The Morgan fingerprint density at radius 1 is 0.972 bits per heavy atom. The second-order valence-electron chi connectivity index (χ2n) is 10.0. The van der Waals surface area contributed by atoms with Gasteiger partial charge in [0.2, 0.25) is 0 Å². The van der Waals surface area contributed by atoms with Crippen molar-refractivity contribution in [2.45, 2.75) is 58.9 Å². The van der Waals surface area contributed by atoms with Gasteiger partial charge in [-0.3, -0.25) is 9.59 Å². The Balaban J connectivity index is 1.24. The molecule has 36 heavy (non-hydrogen) atoms. The highest BCUT2D eigenvalue weighted by atomic mass is 19.1. The van der Waals surface area contributed by atoms with Gasteiger partial charge < -0.3 is 18.8 Å². The summed E-state index contributed by atoms with van der Waals surface area (Å²) in [5.41, 5.74) is 4.04. The van der Waals surface area contributed by atoms with Gasteiger partial charge in [0.1, 0.15) is 11.6 Å². The average molecular weight is 493 g/mol. The number of amides is 2. The van der Waals surface area contributed by atoms with Crippen molar-refractivity contribution in [3.63, 3.8) is 0 Å². The quantitative estimate of drug-likeness (QED) is 0.511. The van der Waals surface area contributed by atoms with Gasteiger partial charge in [-0.25, -0.2) is 9.37 Å². The third-order valence-corrected chi connectivity index (χ3v) is 7.60. The number of carbonyl (C=O) groups is 2. The number of hydrogen-bond donors (Lipinski definition) is 0. The van der Waals surface area contributed by atoms with Gasteiger partial charge in [-0.15, -0.1) is 0 Å². The first kappa shape index (κ1) is 24.3. The van der Waals surface area contributed by atoms with Gasteiger partial charge in [0.05, 0.1) is 5.56 Å². The van der Waals surface area contributed by atoms with E-state index in [4.69, 9.17) is 4.42 Å². The molecule has 0 N–H and O–H groups in total. The first-order valence-electron chi connectivity index (χ1n) is 12.8. The minimum atomic E-state index is -0.256. The lowest BCUT2D eigenvalue weighted by molar-refractivity contribution is 0.0705. The summed E-state index contributed by atoms with van der Waals surface area (Å²) < 4.78 is 21.3. The zero-order valence-electron chi connectivity index (χ0n) is 21.2. The molecule has 2 aromatic heterocycles. The maximum absolute atomic E-state index is 13.4. The number of oxazole rings is 1. The van der Waals surface area contributed by atoms with E-state index in [0.717, 1.165) is 55.7 Å².